The molecule has 4 atom stereocenters. The molecule has 0 radical (unpaired) electrons. The highest BCUT2D eigenvalue weighted by Crippen LogP contribution is 2.51. The number of aromatic amines is 1. The van der Waals surface area contributed by atoms with Crippen molar-refractivity contribution in [2.24, 2.45) is 5.92 Å². The third-order valence-corrected chi connectivity index (χ3v) is 10.4. The maximum Gasteiger partial charge on any atom is 0.263 e. The van der Waals surface area contributed by atoms with Crippen LogP contribution >= 0.6 is 22.7 Å². The van der Waals surface area contributed by atoms with Gasteiger partial charge < -0.3 is 15.1 Å². The van der Waals surface area contributed by atoms with Gasteiger partial charge in [0.2, 0.25) is 0 Å². The highest BCUT2D eigenvalue weighted by molar-refractivity contribution is 7.15. The molecular formula is C26H30N8OS2. The SMILES string of the molecule is C=C(CNCCC1(c2nn[nH]n2)c2sccc2CCc2cc(C(=O)N(C)C)sc21)N1C(C#N)C[C@@H]2C[C@@H]21. The summed E-state index contributed by atoms with van der Waals surface area (Å²) in [6.45, 7) is 5.64. The number of aryl methyl sites for hydroxylation is 2. The number of rotatable bonds is 8. The molecule has 2 N–H and O–H groups in total. The molecule has 1 saturated heterocycles. The number of nitriles is 1. The molecule has 2 fully saturated rings. The number of carbonyl (C=O) groups excluding carboxylic acids is 1. The van der Waals surface area contributed by atoms with Crippen molar-refractivity contribution in [1.29, 1.82) is 5.26 Å². The van der Waals surface area contributed by atoms with Gasteiger partial charge in [-0.3, -0.25) is 4.79 Å². The van der Waals surface area contributed by atoms with Crippen molar-refractivity contribution in [3.05, 3.63) is 61.4 Å². The number of piperidine rings is 1. The molecule has 6 rings (SSSR count). The average Bonchev–Trinajstić information content (AvgIpc) is 3.41. The van der Waals surface area contributed by atoms with Gasteiger partial charge in [0.05, 0.1) is 10.9 Å². The lowest BCUT2D eigenvalue weighted by Crippen LogP contribution is -2.38. The topological polar surface area (TPSA) is 114 Å². The molecule has 1 saturated carbocycles. The summed E-state index contributed by atoms with van der Waals surface area (Å²) in [4.78, 5) is 19.9. The van der Waals surface area contributed by atoms with Crippen molar-refractivity contribution in [3.63, 3.8) is 0 Å². The molecular weight excluding hydrogens is 504 g/mol. The second kappa shape index (κ2) is 9.35. The molecule has 0 spiro atoms. The van der Waals surface area contributed by atoms with E-state index < -0.39 is 5.41 Å². The van der Waals surface area contributed by atoms with E-state index in [4.69, 9.17) is 0 Å². The van der Waals surface area contributed by atoms with E-state index in [9.17, 15) is 10.1 Å². The lowest BCUT2D eigenvalue weighted by atomic mass is 9.78. The number of nitrogens with one attached hydrogen (secondary N) is 2. The van der Waals surface area contributed by atoms with Crippen LogP contribution < -0.4 is 5.32 Å². The van der Waals surface area contributed by atoms with Crippen molar-refractivity contribution in [1.82, 2.24) is 35.7 Å². The zero-order valence-corrected chi connectivity index (χ0v) is 22.7. The molecule has 37 heavy (non-hydrogen) atoms. The predicted octanol–water partition coefficient (Wildman–Crippen LogP) is 2.94. The van der Waals surface area contributed by atoms with E-state index in [1.54, 1.807) is 41.7 Å². The second-order valence-electron chi connectivity index (χ2n) is 10.4. The van der Waals surface area contributed by atoms with Crippen LogP contribution in [0.25, 0.3) is 0 Å². The van der Waals surface area contributed by atoms with Crippen LogP contribution in [0.15, 0.2) is 29.8 Å². The van der Waals surface area contributed by atoms with Crippen molar-refractivity contribution < 1.29 is 4.79 Å². The molecule has 0 aromatic carbocycles. The molecule has 3 aromatic rings. The lowest BCUT2D eigenvalue weighted by molar-refractivity contribution is 0.0832. The van der Waals surface area contributed by atoms with Crippen molar-refractivity contribution in [2.75, 3.05) is 27.2 Å². The fourth-order valence-corrected chi connectivity index (χ4v) is 8.80. The first-order valence-electron chi connectivity index (χ1n) is 12.7. The molecule has 3 aromatic heterocycles. The highest BCUT2D eigenvalue weighted by Gasteiger charge is 2.52. The molecule has 9 nitrogen and oxygen atoms in total. The summed E-state index contributed by atoms with van der Waals surface area (Å²) in [5.41, 5.74) is 2.87. The van der Waals surface area contributed by atoms with Gasteiger partial charge in [-0.2, -0.15) is 10.5 Å². The Morgan fingerprint density at radius 2 is 2.19 bits per heavy atom. The maximum atomic E-state index is 12.9. The minimum Gasteiger partial charge on any atom is -0.355 e. The third kappa shape index (κ3) is 3.98. The van der Waals surface area contributed by atoms with Gasteiger partial charge in [-0.15, -0.1) is 32.9 Å². The fourth-order valence-electron chi connectivity index (χ4n) is 6.09. The third-order valence-electron chi connectivity index (χ3n) is 7.96. The van der Waals surface area contributed by atoms with Gasteiger partial charge in [0.15, 0.2) is 5.82 Å². The van der Waals surface area contributed by atoms with Gasteiger partial charge in [0.1, 0.15) is 11.5 Å². The maximum absolute atomic E-state index is 12.9. The van der Waals surface area contributed by atoms with Crippen LogP contribution in [0, 0.1) is 17.2 Å². The number of amides is 1. The standard InChI is InChI=1S/C26H30N8OS2/c1-15(34-19(13-27)10-18-11-20(18)34)14-28-8-7-26(25-29-31-32-30-25)22-16(6-9-36-22)4-5-17-12-21(37-23(17)26)24(35)33(2)3/h6,9,12,18-20,28H,1,4-5,7-8,10-11,14H2,2-3H3,(H,29,30,31,32)/t18-,19?,20+,26?/m1/s1. The molecule has 4 heterocycles. The number of hydrogen-bond donors (Lipinski definition) is 2. The summed E-state index contributed by atoms with van der Waals surface area (Å²) < 4.78 is 0. The van der Waals surface area contributed by atoms with E-state index in [-0.39, 0.29) is 11.9 Å². The Morgan fingerprint density at radius 3 is 2.95 bits per heavy atom. The van der Waals surface area contributed by atoms with Gasteiger partial charge in [0, 0.05) is 42.1 Å². The van der Waals surface area contributed by atoms with Crippen molar-refractivity contribution in [2.45, 2.75) is 49.6 Å². The highest BCUT2D eigenvalue weighted by atomic mass is 32.1. The van der Waals surface area contributed by atoms with E-state index >= 15 is 0 Å². The Hall–Kier alpha value is -3.07. The van der Waals surface area contributed by atoms with Crippen molar-refractivity contribution >= 4 is 28.6 Å². The van der Waals surface area contributed by atoms with Crippen LogP contribution in [-0.4, -0.2) is 75.6 Å². The van der Waals surface area contributed by atoms with E-state index in [0.717, 1.165) is 34.7 Å². The Labute approximate surface area is 224 Å². The average molecular weight is 535 g/mol. The minimum atomic E-state index is -0.601. The number of H-pyrrole nitrogens is 1. The first-order chi connectivity index (χ1) is 17.9. The number of carbonyl (C=O) groups is 1. The first-order valence-corrected chi connectivity index (χ1v) is 14.4. The minimum absolute atomic E-state index is 0.0111. The molecule has 192 valence electrons. The van der Waals surface area contributed by atoms with Crippen molar-refractivity contribution in [3.8, 4) is 6.07 Å². The second-order valence-corrected chi connectivity index (χ2v) is 12.4. The normalized spacial score (nSPS) is 25.5. The molecule has 0 bridgehead atoms. The number of nitrogens with zero attached hydrogens (tertiary/aromatic N) is 6. The molecule has 3 aliphatic rings. The monoisotopic (exact) mass is 534 g/mol. The van der Waals surface area contributed by atoms with Crippen LogP contribution in [0.2, 0.25) is 0 Å². The summed E-state index contributed by atoms with van der Waals surface area (Å²) in [6, 6.07) is 7.14. The zero-order chi connectivity index (χ0) is 25.7. The lowest BCUT2D eigenvalue weighted by Gasteiger charge is -2.31. The largest absolute Gasteiger partial charge is 0.355 e. The Balaban J connectivity index is 1.31. The van der Waals surface area contributed by atoms with E-state index in [2.05, 4.69) is 61.0 Å². The number of tetrazole rings is 1. The number of likely N-dealkylation sites (tertiary alicyclic amines) is 1. The van der Waals surface area contributed by atoms with Crippen LogP contribution in [0.4, 0.5) is 0 Å². The van der Waals surface area contributed by atoms with Crippen LogP contribution in [-0.2, 0) is 18.3 Å². The molecule has 1 amide bonds. The molecule has 2 aliphatic carbocycles. The fraction of sp³-hybridized carbons (Fsp3) is 0.500. The first kappa shape index (κ1) is 24.3. The van der Waals surface area contributed by atoms with E-state index in [1.165, 1.54) is 22.4 Å². The summed E-state index contributed by atoms with van der Waals surface area (Å²) in [5.74, 6) is 1.30. The summed E-state index contributed by atoms with van der Waals surface area (Å²) in [6.07, 6.45) is 4.62. The number of hydrogen-bond acceptors (Lipinski definition) is 9. The predicted molar refractivity (Wildman–Crippen MR) is 143 cm³/mol. The summed E-state index contributed by atoms with van der Waals surface area (Å²) in [5, 5.41) is 31.0. The van der Waals surface area contributed by atoms with E-state index in [0.29, 0.717) is 37.3 Å². The van der Waals surface area contributed by atoms with Crippen LogP contribution in [0.1, 0.15) is 55.6 Å². The Bertz CT molecular complexity index is 1370. The zero-order valence-electron chi connectivity index (χ0n) is 21.0. The number of aromatic nitrogens is 4. The number of thiophene rings is 2. The van der Waals surface area contributed by atoms with Gasteiger partial charge in [-0.1, -0.05) is 11.8 Å². The van der Waals surface area contributed by atoms with Crippen LogP contribution in [0.3, 0.4) is 0 Å². The van der Waals surface area contributed by atoms with Gasteiger partial charge in [-0.25, -0.2) is 0 Å². The molecule has 2 unspecified atom stereocenters. The van der Waals surface area contributed by atoms with Gasteiger partial charge in [0.25, 0.3) is 5.91 Å². The van der Waals surface area contributed by atoms with Crippen LogP contribution in [0.5, 0.6) is 0 Å². The summed E-state index contributed by atoms with van der Waals surface area (Å²) >= 11 is 3.28. The van der Waals surface area contributed by atoms with Gasteiger partial charge in [-0.05, 0) is 73.2 Å². The van der Waals surface area contributed by atoms with Gasteiger partial charge >= 0.3 is 0 Å². The number of fused-ring (bicyclic) bond motifs is 3. The molecule has 11 heteroatoms. The summed E-state index contributed by atoms with van der Waals surface area (Å²) in [7, 11) is 3.57. The molecule has 1 aliphatic heterocycles. The Morgan fingerprint density at radius 1 is 1.35 bits per heavy atom. The quantitative estimate of drug-likeness (QED) is 0.427. The van der Waals surface area contributed by atoms with E-state index in [1.807, 2.05) is 0 Å². The Kier molecular flexibility index (Phi) is 6.13. The smallest absolute Gasteiger partial charge is 0.263 e.